The van der Waals surface area contributed by atoms with E-state index in [4.69, 9.17) is 10.5 Å². The predicted octanol–water partition coefficient (Wildman–Crippen LogP) is 2.10. The number of anilines is 2. The molecule has 0 saturated carbocycles. The number of nitrogens with two attached hydrogens (primary N) is 1. The molecule has 23 heavy (non-hydrogen) atoms. The van der Waals surface area contributed by atoms with E-state index >= 15 is 0 Å². The number of carbonyl (C=O) groups excluding carboxylic acids is 2. The van der Waals surface area contributed by atoms with E-state index in [1.54, 1.807) is 19.2 Å². The highest BCUT2D eigenvalue weighted by Crippen LogP contribution is 2.21. The molecule has 4 N–H and O–H groups in total. The van der Waals surface area contributed by atoms with Crippen LogP contribution in [0.1, 0.15) is 20.7 Å². The molecule has 2 aromatic rings. The number of para-hydroxylation sites is 2. The number of ether oxygens (including phenoxy) is 1. The summed E-state index contributed by atoms with van der Waals surface area (Å²) in [5, 5.41) is 6.04. The van der Waals surface area contributed by atoms with E-state index in [9.17, 15) is 9.59 Å². The topological polar surface area (TPSA) is 93.4 Å². The molecule has 6 nitrogen and oxygen atoms in total. The van der Waals surface area contributed by atoms with Crippen LogP contribution in [-0.4, -0.2) is 32.1 Å². The summed E-state index contributed by atoms with van der Waals surface area (Å²) >= 11 is 0. The van der Waals surface area contributed by atoms with E-state index < -0.39 is 5.91 Å². The van der Waals surface area contributed by atoms with Gasteiger partial charge in [-0.1, -0.05) is 12.1 Å². The summed E-state index contributed by atoms with van der Waals surface area (Å²) in [6.45, 7) is 1.20. The van der Waals surface area contributed by atoms with Gasteiger partial charge in [-0.15, -0.1) is 0 Å². The van der Waals surface area contributed by atoms with E-state index in [1.165, 1.54) is 12.1 Å². The molecule has 0 heterocycles. The van der Waals surface area contributed by atoms with Crippen LogP contribution in [0.2, 0.25) is 0 Å². The van der Waals surface area contributed by atoms with Crippen molar-refractivity contribution in [1.82, 2.24) is 0 Å². The molecule has 0 atom stereocenters. The fourth-order valence-corrected chi connectivity index (χ4v) is 2.01. The Morgan fingerprint density at radius 3 is 2.22 bits per heavy atom. The molecule has 0 spiro atoms. The van der Waals surface area contributed by atoms with Gasteiger partial charge < -0.3 is 21.1 Å². The first-order valence-corrected chi connectivity index (χ1v) is 7.15. The van der Waals surface area contributed by atoms with Crippen molar-refractivity contribution in [3.8, 4) is 0 Å². The predicted molar refractivity (Wildman–Crippen MR) is 89.7 cm³/mol. The third-order valence-electron chi connectivity index (χ3n) is 3.23. The van der Waals surface area contributed by atoms with E-state index in [0.717, 1.165) is 5.69 Å². The molecule has 0 aliphatic rings. The van der Waals surface area contributed by atoms with Gasteiger partial charge in [0.15, 0.2) is 0 Å². The second-order valence-corrected chi connectivity index (χ2v) is 4.86. The van der Waals surface area contributed by atoms with Crippen molar-refractivity contribution in [2.24, 2.45) is 5.73 Å². The van der Waals surface area contributed by atoms with Crippen LogP contribution in [0.4, 0.5) is 11.4 Å². The van der Waals surface area contributed by atoms with Crippen LogP contribution in [-0.2, 0) is 4.74 Å². The van der Waals surface area contributed by atoms with Crippen LogP contribution in [0.25, 0.3) is 0 Å². The first-order chi connectivity index (χ1) is 11.1. The van der Waals surface area contributed by atoms with E-state index in [0.29, 0.717) is 30.0 Å². The van der Waals surface area contributed by atoms with Gasteiger partial charge in [-0.05, 0) is 36.4 Å². The second kappa shape index (κ2) is 7.95. The summed E-state index contributed by atoms with van der Waals surface area (Å²) in [6.07, 6.45) is 0. The number of hydrogen-bond acceptors (Lipinski definition) is 4. The average molecular weight is 313 g/mol. The molecule has 0 aromatic heterocycles. The van der Waals surface area contributed by atoms with Gasteiger partial charge in [0.2, 0.25) is 5.91 Å². The standard InChI is InChI=1S/C17H19N3O3/c1-23-11-10-19-14-4-2-3-5-15(14)20-17(22)13-8-6-12(7-9-13)16(18)21/h2-9,19H,10-11H2,1H3,(H2,18,21)(H,20,22). The summed E-state index contributed by atoms with van der Waals surface area (Å²) in [7, 11) is 1.63. The van der Waals surface area contributed by atoms with E-state index in [1.807, 2.05) is 24.3 Å². The Kier molecular flexibility index (Phi) is 5.71. The molecule has 120 valence electrons. The van der Waals surface area contributed by atoms with Crippen molar-refractivity contribution in [2.75, 3.05) is 30.9 Å². The maximum atomic E-state index is 12.3. The highest BCUT2D eigenvalue weighted by molar-refractivity contribution is 6.06. The van der Waals surface area contributed by atoms with Gasteiger partial charge in [0.1, 0.15) is 0 Å². The molecule has 0 aliphatic carbocycles. The number of benzene rings is 2. The molecule has 0 aliphatic heterocycles. The lowest BCUT2D eigenvalue weighted by Crippen LogP contribution is -2.16. The quantitative estimate of drug-likeness (QED) is 0.682. The zero-order chi connectivity index (χ0) is 16.7. The fourth-order valence-electron chi connectivity index (χ4n) is 2.01. The summed E-state index contributed by atoms with van der Waals surface area (Å²) in [5.41, 5.74) is 7.48. The number of carbonyl (C=O) groups is 2. The molecular formula is C17H19N3O3. The molecule has 0 unspecified atom stereocenters. The molecule has 0 saturated heterocycles. The third kappa shape index (κ3) is 4.55. The van der Waals surface area contributed by atoms with Crippen LogP contribution in [0.3, 0.4) is 0 Å². The van der Waals surface area contributed by atoms with Gasteiger partial charge in [-0.25, -0.2) is 0 Å². The maximum Gasteiger partial charge on any atom is 0.255 e. The van der Waals surface area contributed by atoms with Crippen molar-refractivity contribution in [3.05, 3.63) is 59.7 Å². The lowest BCUT2D eigenvalue weighted by Gasteiger charge is -2.13. The Balaban J connectivity index is 2.09. The number of primary amides is 1. The summed E-state index contributed by atoms with van der Waals surface area (Å²) in [4.78, 5) is 23.3. The Hall–Kier alpha value is -2.86. The first-order valence-electron chi connectivity index (χ1n) is 7.15. The number of nitrogens with one attached hydrogen (secondary N) is 2. The van der Waals surface area contributed by atoms with Crippen molar-refractivity contribution >= 4 is 23.2 Å². The highest BCUT2D eigenvalue weighted by atomic mass is 16.5. The number of amides is 2. The monoisotopic (exact) mass is 313 g/mol. The molecule has 0 radical (unpaired) electrons. The normalized spacial score (nSPS) is 10.1. The van der Waals surface area contributed by atoms with Crippen molar-refractivity contribution in [1.29, 1.82) is 0 Å². The summed E-state index contributed by atoms with van der Waals surface area (Å²) in [6, 6.07) is 13.6. The Morgan fingerprint density at radius 1 is 1.00 bits per heavy atom. The molecule has 2 rings (SSSR count). The smallest absolute Gasteiger partial charge is 0.255 e. The maximum absolute atomic E-state index is 12.3. The molecular weight excluding hydrogens is 294 g/mol. The van der Waals surface area contributed by atoms with Crippen LogP contribution >= 0.6 is 0 Å². The Bertz CT molecular complexity index is 684. The van der Waals surface area contributed by atoms with E-state index in [2.05, 4.69) is 10.6 Å². The summed E-state index contributed by atoms with van der Waals surface area (Å²) in [5.74, 6) is -0.786. The van der Waals surface area contributed by atoms with E-state index in [-0.39, 0.29) is 5.91 Å². The van der Waals surface area contributed by atoms with Gasteiger partial charge in [-0.3, -0.25) is 9.59 Å². The van der Waals surface area contributed by atoms with Gasteiger partial charge in [0.05, 0.1) is 18.0 Å². The zero-order valence-electron chi connectivity index (χ0n) is 12.8. The van der Waals surface area contributed by atoms with Crippen LogP contribution in [0.5, 0.6) is 0 Å². The minimum Gasteiger partial charge on any atom is -0.383 e. The molecule has 0 fully saturated rings. The lowest BCUT2D eigenvalue weighted by molar-refractivity contribution is 0.0995. The molecule has 2 aromatic carbocycles. The third-order valence-corrected chi connectivity index (χ3v) is 3.23. The minimum atomic E-state index is -0.523. The Labute approximate surface area is 134 Å². The molecule has 6 heteroatoms. The number of rotatable bonds is 7. The number of methoxy groups -OCH3 is 1. The first kappa shape index (κ1) is 16.5. The second-order valence-electron chi connectivity index (χ2n) is 4.86. The van der Waals surface area contributed by atoms with Crippen LogP contribution in [0, 0.1) is 0 Å². The van der Waals surface area contributed by atoms with Crippen LogP contribution in [0.15, 0.2) is 48.5 Å². The largest absolute Gasteiger partial charge is 0.383 e. The number of hydrogen-bond donors (Lipinski definition) is 3. The Morgan fingerprint density at radius 2 is 1.61 bits per heavy atom. The van der Waals surface area contributed by atoms with Crippen molar-refractivity contribution in [2.45, 2.75) is 0 Å². The zero-order valence-corrected chi connectivity index (χ0v) is 12.8. The molecule has 0 bridgehead atoms. The highest BCUT2D eigenvalue weighted by Gasteiger charge is 2.09. The van der Waals surface area contributed by atoms with Crippen LogP contribution < -0.4 is 16.4 Å². The van der Waals surface area contributed by atoms with Gasteiger partial charge >= 0.3 is 0 Å². The fraction of sp³-hybridized carbons (Fsp3) is 0.176. The minimum absolute atomic E-state index is 0.262. The molecule has 2 amide bonds. The van der Waals surface area contributed by atoms with Gasteiger partial charge in [-0.2, -0.15) is 0 Å². The summed E-state index contributed by atoms with van der Waals surface area (Å²) < 4.78 is 5.00. The lowest BCUT2D eigenvalue weighted by atomic mass is 10.1. The van der Waals surface area contributed by atoms with Crippen molar-refractivity contribution in [3.63, 3.8) is 0 Å². The van der Waals surface area contributed by atoms with Crippen molar-refractivity contribution < 1.29 is 14.3 Å². The van der Waals surface area contributed by atoms with Gasteiger partial charge in [0, 0.05) is 24.8 Å². The SMILES string of the molecule is COCCNc1ccccc1NC(=O)c1ccc(C(N)=O)cc1. The average Bonchev–Trinajstić information content (AvgIpc) is 2.56. The van der Waals surface area contributed by atoms with Gasteiger partial charge in [0.25, 0.3) is 5.91 Å².